The number of aromatic hydroxyl groups is 1. The molecule has 0 saturated carbocycles. The number of phenols is 1. The van der Waals surface area contributed by atoms with Crippen molar-refractivity contribution in [3.63, 3.8) is 0 Å². The zero-order valence-electron chi connectivity index (χ0n) is 9.75. The number of carbonyl (C=O) groups excluding carboxylic acids is 1. The zero-order chi connectivity index (χ0) is 14.9. The van der Waals surface area contributed by atoms with Crippen LogP contribution < -0.4 is 5.32 Å². The summed E-state index contributed by atoms with van der Waals surface area (Å²) in [6, 6.07) is 7.54. The molecule has 3 nitrogen and oxygen atoms in total. The summed E-state index contributed by atoms with van der Waals surface area (Å²) in [7, 11) is 0. The molecule has 0 unspecified atom stereocenters. The van der Waals surface area contributed by atoms with Crippen molar-refractivity contribution < 1.29 is 9.90 Å². The van der Waals surface area contributed by atoms with Gasteiger partial charge in [-0.25, -0.2) is 0 Å². The van der Waals surface area contributed by atoms with Crippen molar-refractivity contribution in [2.75, 3.05) is 5.32 Å². The van der Waals surface area contributed by atoms with Gasteiger partial charge in [-0.1, -0.05) is 34.8 Å². The molecule has 2 aromatic carbocycles. The molecule has 1 amide bonds. The fraction of sp³-hybridized carbons (Fsp3) is 0. The Labute approximate surface area is 144 Å². The van der Waals surface area contributed by atoms with Crippen molar-refractivity contribution in [3.8, 4) is 5.75 Å². The van der Waals surface area contributed by atoms with Gasteiger partial charge in [0.1, 0.15) is 5.75 Å². The van der Waals surface area contributed by atoms with Crippen LogP contribution in [-0.2, 0) is 0 Å². The third-order valence-electron chi connectivity index (χ3n) is 2.47. The fourth-order valence-electron chi connectivity index (χ4n) is 1.47. The molecule has 0 bridgehead atoms. The summed E-state index contributed by atoms with van der Waals surface area (Å²) in [5.74, 6) is -0.365. The highest BCUT2D eigenvalue weighted by Crippen LogP contribution is 2.32. The van der Waals surface area contributed by atoms with E-state index in [0.717, 1.165) is 0 Å². The number of benzene rings is 2. The second-order valence-corrected chi connectivity index (χ2v) is 6.25. The van der Waals surface area contributed by atoms with Crippen LogP contribution in [0.5, 0.6) is 5.75 Å². The first kappa shape index (κ1) is 15.7. The summed E-state index contributed by atoms with van der Waals surface area (Å²) in [5.41, 5.74) is 0.661. The molecule has 0 spiro atoms. The molecular weight excluding hydrogens is 435 g/mol. The van der Waals surface area contributed by atoms with Gasteiger partial charge in [0, 0.05) is 5.56 Å². The number of phenolic OH excluding ortho intramolecular Hbond substituents is 1. The average Bonchev–Trinajstić information content (AvgIpc) is 2.39. The minimum atomic E-state index is -0.406. The van der Waals surface area contributed by atoms with Gasteiger partial charge in [0.25, 0.3) is 5.91 Å². The molecule has 7 heteroatoms. The third kappa shape index (κ3) is 3.49. The fourth-order valence-corrected chi connectivity index (χ4v) is 2.40. The molecule has 0 aliphatic carbocycles. The number of halogens is 4. The van der Waals surface area contributed by atoms with E-state index in [1.807, 2.05) is 22.6 Å². The first-order valence-electron chi connectivity index (χ1n) is 5.33. The molecule has 0 saturated heterocycles. The van der Waals surface area contributed by atoms with E-state index in [2.05, 4.69) is 5.32 Å². The highest BCUT2D eigenvalue weighted by molar-refractivity contribution is 14.1. The Morgan fingerprint density at radius 3 is 2.35 bits per heavy atom. The molecule has 0 fully saturated rings. The maximum Gasteiger partial charge on any atom is 0.255 e. The van der Waals surface area contributed by atoms with E-state index in [9.17, 15) is 9.90 Å². The highest BCUT2D eigenvalue weighted by Gasteiger charge is 2.12. The van der Waals surface area contributed by atoms with Crippen molar-refractivity contribution >= 4 is 69.0 Å². The highest BCUT2D eigenvalue weighted by atomic mass is 127. The lowest BCUT2D eigenvalue weighted by molar-refractivity contribution is 0.102. The Kier molecular flexibility index (Phi) is 5.01. The van der Waals surface area contributed by atoms with Gasteiger partial charge in [-0.3, -0.25) is 4.79 Å². The van der Waals surface area contributed by atoms with E-state index >= 15 is 0 Å². The zero-order valence-corrected chi connectivity index (χ0v) is 14.2. The Morgan fingerprint density at radius 1 is 1.05 bits per heavy atom. The molecule has 20 heavy (non-hydrogen) atoms. The maximum absolute atomic E-state index is 12.1. The molecule has 0 atom stereocenters. The quantitative estimate of drug-likeness (QED) is 0.496. The van der Waals surface area contributed by atoms with Crippen LogP contribution >= 0.6 is 57.4 Å². The molecular formula is C13H7Cl3INO2. The van der Waals surface area contributed by atoms with E-state index in [4.69, 9.17) is 34.8 Å². The standard InChI is InChI=1S/C13H7Cl3INO2/c14-7-4-9(16)11(5-8(7)15)18-13(20)6-1-2-10(17)12(19)3-6/h1-5,19H,(H,18,20). The second-order valence-electron chi connectivity index (χ2n) is 3.87. The number of rotatable bonds is 2. The Balaban J connectivity index is 2.27. The van der Waals surface area contributed by atoms with Gasteiger partial charge in [-0.05, 0) is 52.9 Å². The monoisotopic (exact) mass is 441 g/mol. The van der Waals surface area contributed by atoms with Crippen molar-refractivity contribution in [2.45, 2.75) is 0 Å². The topological polar surface area (TPSA) is 49.3 Å². The van der Waals surface area contributed by atoms with Gasteiger partial charge < -0.3 is 10.4 Å². The Bertz CT molecular complexity index is 692. The number of hydrogen-bond acceptors (Lipinski definition) is 2. The lowest BCUT2D eigenvalue weighted by Crippen LogP contribution is -2.12. The van der Waals surface area contributed by atoms with Gasteiger partial charge in [0.2, 0.25) is 0 Å². The molecule has 0 radical (unpaired) electrons. The lowest BCUT2D eigenvalue weighted by Gasteiger charge is -2.09. The van der Waals surface area contributed by atoms with Crippen molar-refractivity contribution in [3.05, 3.63) is 54.5 Å². The molecule has 2 N–H and O–H groups in total. The van der Waals surface area contributed by atoms with Gasteiger partial charge in [-0.15, -0.1) is 0 Å². The molecule has 104 valence electrons. The smallest absolute Gasteiger partial charge is 0.255 e. The van der Waals surface area contributed by atoms with Crippen molar-refractivity contribution in [1.29, 1.82) is 0 Å². The first-order chi connectivity index (χ1) is 9.38. The Hall–Kier alpha value is -0.690. The van der Waals surface area contributed by atoms with Gasteiger partial charge in [0.15, 0.2) is 0 Å². The molecule has 0 aliphatic heterocycles. The summed E-state index contributed by atoms with van der Waals surface area (Å²) >= 11 is 19.6. The van der Waals surface area contributed by atoms with Crippen LogP contribution in [0.25, 0.3) is 0 Å². The van der Waals surface area contributed by atoms with E-state index in [-0.39, 0.29) is 15.8 Å². The van der Waals surface area contributed by atoms with Crippen LogP contribution in [0.1, 0.15) is 10.4 Å². The van der Waals surface area contributed by atoms with E-state index in [0.29, 0.717) is 19.8 Å². The molecule has 2 aromatic rings. The Morgan fingerprint density at radius 2 is 1.70 bits per heavy atom. The van der Waals surface area contributed by atoms with E-state index in [1.54, 1.807) is 12.1 Å². The number of anilines is 1. The van der Waals surface area contributed by atoms with Crippen LogP contribution in [0.3, 0.4) is 0 Å². The van der Waals surface area contributed by atoms with Crippen LogP contribution in [0.2, 0.25) is 15.1 Å². The number of carbonyl (C=O) groups is 1. The molecule has 0 aromatic heterocycles. The van der Waals surface area contributed by atoms with Gasteiger partial charge in [0.05, 0.1) is 24.3 Å². The van der Waals surface area contributed by atoms with Crippen LogP contribution in [-0.4, -0.2) is 11.0 Å². The van der Waals surface area contributed by atoms with Crippen molar-refractivity contribution in [2.24, 2.45) is 0 Å². The van der Waals surface area contributed by atoms with Crippen LogP contribution in [0.15, 0.2) is 30.3 Å². The predicted octanol–water partition coefficient (Wildman–Crippen LogP) is 5.21. The van der Waals surface area contributed by atoms with E-state index < -0.39 is 5.91 Å². The normalized spacial score (nSPS) is 10.4. The number of amides is 1. The summed E-state index contributed by atoms with van der Waals surface area (Å²) < 4.78 is 0.659. The van der Waals surface area contributed by atoms with Crippen molar-refractivity contribution in [1.82, 2.24) is 0 Å². The summed E-state index contributed by atoms with van der Waals surface area (Å²) in [6.07, 6.45) is 0. The van der Waals surface area contributed by atoms with Gasteiger partial charge >= 0.3 is 0 Å². The first-order valence-corrected chi connectivity index (χ1v) is 7.54. The predicted molar refractivity (Wildman–Crippen MR) is 90.2 cm³/mol. The summed E-state index contributed by atoms with van der Waals surface area (Å²) in [5, 5.41) is 13.1. The average molecular weight is 442 g/mol. The maximum atomic E-state index is 12.1. The number of nitrogens with one attached hydrogen (secondary N) is 1. The molecule has 0 heterocycles. The van der Waals surface area contributed by atoms with Crippen LogP contribution in [0.4, 0.5) is 5.69 Å². The minimum absolute atomic E-state index is 0.0403. The lowest BCUT2D eigenvalue weighted by atomic mass is 10.2. The largest absolute Gasteiger partial charge is 0.507 e. The van der Waals surface area contributed by atoms with Crippen LogP contribution in [0, 0.1) is 3.57 Å². The second kappa shape index (κ2) is 6.39. The van der Waals surface area contributed by atoms with E-state index in [1.165, 1.54) is 18.2 Å². The summed E-state index contributed by atoms with van der Waals surface area (Å²) in [4.78, 5) is 12.1. The molecule has 2 rings (SSSR count). The minimum Gasteiger partial charge on any atom is -0.507 e. The third-order valence-corrected chi connectivity index (χ3v) is 4.41. The number of hydrogen-bond donors (Lipinski definition) is 2. The molecule has 0 aliphatic rings. The summed E-state index contributed by atoms with van der Waals surface area (Å²) in [6.45, 7) is 0. The SMILES string of the molecule is O=C(Nc1cc(Cl)c(Cl)cc1Cl)c1ccc(I)c(O)c1. The van der Waals surface area contributed by atoms with Gasteiger partial charge in [-0.2, -0.15) is 0 Å².